The molecule has 1 aromatic heterocycles. The van der Waals surface area contributed by atoms with E-state index in [1.54, 1.807) is 0 Å². The van der Waals surface area contributed by atoms with Gasteiger partial charge in [0.1, 0.15) is 6.33 Å². The van der Waals surface area contributed by atoms with Crippen molar-refractivity contribution in [1.29, 1.82) is 0 Å². The average Bonchev–Trinajstić information content (AvgIpc) is 2.56. The minimum Gasteiger partial charge on any atom is -0.467 e. The lowest BCUT2D eigenvalue weighted by atomic mass is 10.1. The Morgan fingerprint density at radius 1 is 1.13 bits per heavy atom. The normalized spacial score (nSPS) is 10.5. The van der Waals surface area contributed by atoms with Crippen molar-refractivity contribution in [3.63, 3.8) is 0 Å². The van der Waals surface area contributed by atoms with Gasteiger partial charge >= 0.3 is 0 Å². The maximum Gasteiger partial charge on any atom is 0.262 e. The van der Waals surface area contributed by atoms with Gasteiger partial charge < -0.3 is 10.1 Å². The fourth-order valence-corrected chi connectivity index (χ4v) is 2.29. The molecule has 0 aliphatic rings. The molecule has 23 heavy (non-hydrogen) atoms. The van der Waals surface area contributed by atoms with Gasteiger partial charge in [0.25, 0.3) is 5.91 Å². The van der Waals surface area contributed by atoms with Gasteiger partial charge in [-0.05, 0) is 43.2 Å². The van der Waals surface area contributed by atoms with Gasteiger partial charge in [-0.1, -0.05) is 24.3 Å². The van der Waals surface area contributed by atoms with Crippen molar-refractivity contribution in [1.82, 2.24) is 9.97 Å². The molecule has 5 nitrogen and oxygen atoms in total. The van der Waals surface area contributed by atoms with Crippen LogP contribution in [0.15, 0.2) is 48.8 Å². The van der Waals surface area contributed by atoms with Crippen LogP contribution in [0.5, 0.6) is 5.88 Å². The van der Waals surface area contributed by atoms with Crippen LogP contribution in [0.3, 0.4) is 0 Å². The molecule has 0 spiro atoms. The van der Waals surface area contributed by atoms with Gasteiger partial charge in [0.2, 0.25) is 5.88 Å². The van der Waals surface area contributed by atoms with E-state index in [1.807, 2.05) is 56.3 Å². The second kappa shape index (κ2) is 6.44. The largest absolute Gasteiger partial charge is 0.467 e. The molecule has 1 amide bonds. The fourth-order valence-electron chi connectivity index (χ4n) is 2.29. The molecule has 0 saturated heterocycles. The van der Waals surface area contributed by atoms with E-state index < -0.39 is 0 Å². The number of aryl methyl sites for hydroxylation is 2. The van der Waals surface area contributed by atoms with Crippen molar-refractivity contribution >= 4 is 22.5 Å². The van der Waals surface area contributed by atoms with Crippen LogP contribution >= 0.6 is 0 Å². The molecule has 116 valence electrons. The van der Waals surface area contributed by atoms with Crippen LogP contribution in [-0.4, -0.2) is 22.5 Å². The highest BCUT2D eigenvalue weighted by Crippen LogP contribution is 2.21. The summed E-state index contributed by atoms with van der Waals surface area (Å²) in [6, 6.07) is 13.4. The van der Waals surface area contributed by atoms with Crippen LogP contribution in [0.1, 0.15) is 11.1 Å². The van der Waals surface area contributed by atoms with Crippen LogP contribution < -0.4 is 10.1 Å². The molecule has 1 N–H and O–H groups in total. The number of ether oxygens (including phenoxy) is 1. The number of nitrogens with zero attached hydrogens (tertiary/aromatic N) is 2. The third kappa shape index (κ3) is 3.45. The Morgan fingerprint density at radius 2 is 1.96 bits per heavy atom. The fraction of sp³-hybridized carbons (Fsp3) is 0.167. The Kier molecular flexibility index (Phi) is 4.19. The first-order valence-corrected chi connectivity index (χ1v) is 7.33. The van der Waals surface area contributed by atoms with E-state index in [1.165, 1.54) is 6.33 Å². The van der Waals surface area contributed by atoms with E-state index >= 15 is 0 Å². The molecule has 3 rings (SSSR count). The lowest BCUT2D eigenvalue weighted by molar-refractivity contribution is -0.118. The molecule has 0 radical (unpaired) electrons. The molecule has 0 aliphatic carbocycles. The molecule has 0 unspecified atom stereocenters. The Labute approximate surface area is 134 Å². The van der Waals surface area contributed by atoms with Gasteiger partial charge in [-0.2, -0.15) is 0 Å². The van der Waals surface area contributed by atoms with Crippen molar-refractivity contribution in [2.75, 3.05) is 11.9 Å². The standard InChI is InChI=1S/C18H17N3O2/c1-12-7-8-13(2)16(9-12)21-17(22)10-23-18-14-5-3-4-6-15(14)19-11-20-18/h3-9,11H,10H2,1-2H3,(H,21,22). The molecular weight excluding hydrogens is 290 g/mol. The van der Waals surface area contributed by atoms with Crippen molar-refractivity contribution in [3.05, 3.63) is 59.9 Å². The molecule has 0 saturated carbocycles. The molecule has 0 fully saturated rings. The van der Waals surface area contributed by atoms with Crippen LogP contribution in [-0.2, 0) is 4.79 Å². The summed E-state index contributed by atoms with van der Waals surface area (Å²) in [5.41, 5.74) is 3.68. The number of anilines is 1. The first-order chi connectivity index (χ1) is 11.1. The van der Waals surface area contributed by atoms with Gasteiger partial charge in [0.05, 0.1) is 10.9 Å². The van der Waals surface area contributed by atoms with Crippen LogP contribution in [0.2, 0.25) is 0 Å². The topological polar surface area (TPSA) is 64.1 Å². The highest BCUT2D eigenvalue weighted by molar-refractivity contribution is 5.93. The minimum absolute atomic E-state index is 0.103. The molecule has 0 aliphatic heterocycles. The number of hydrogen-bond donors (Lipinski definition) is 1. The summed E-state index contributed by atoms with van der Waals surface area (Å²) < 4.78 is 5.56. The molecule has 0 atom stereocenters. The number of aromatic nitrogens is 2. The van der Waals surface area contributed by atoms with Crippen molar-refractivity contribution in [2.45, 2.75) is 13.8 Å². The number of rotatable bonds is 4. The van der Waals surface area contributed by atoms with Crippen LogP contribution in [0.4, 0.5) is 5.69 Å². The SMILES string of the molecule is Cc1ccc(C)c(NC(=O)COc2ncnc3ccccc23)c1. The molecule has 1 heterocycles. The lowest BCUT2D eigenvalue weighted by Gasteiger charge is -2.10. The summed E-state index contributed by atoms with van der Waals surface area (Å²) in [4.78, 5) is 20.4. The van der Waals surface area contributed by atoms with Crippen molar-refractivity contribution in [2.24, 2.45) is 0 Å². The van der Waals surface area contributed by atoms with Gasteiger partial charge in [0.15, 0.2) is 6.61 Å². The Bertz CT molecular complexity index is 857. The number of hydrogen-bond acceptors (Lipinski definition) is 4. The van der Waals surface area contributed by atoms with E-state index in [0.29, 0.717) is 5.88 Å². The van der Waals surface area contributed by atoms with Crippen molar-refractivity contribution in [3.8, 4) is 5.88 Å². The first kappa shape index (κ1) is 15.0. The van der Waals surface area contributed by atoms with E-state index in [9.17, 15) is 4.79 Å². The Balaban J connectivity index is 1.70. The van der Waals surface area contributed by atoms with Gasteiger partial charge in [-0.3, -0.25) is 4.79 Å². The summed E-state index contributed by atoms with van der Waals surface area (Å²) in [6.07, 6.45) is 1.43. The third-order valence-corrected chi connectivity index (χ3v) is 3.51. The number of benzene rings is 2. The minimum atomic E-state index is -0.221. The third-order valence-electron chi connectivity index (χ3n) is 3.51. The quantitative estimate of drug-likeness (QED) is 0.803. The average molecular weight is 307 g/mol. The van der Waals surface area contributed by atoms with E-state index in [-0.39, 0.29) is 12.5 Å². The molecule has 3 aromatic rings. The second-order valence-electron chi connectivity index (χ2n) is 5.35. The van der Waals surface area contributed by atoms with Gasteiger partial charge in [-0.15, -0.1) is 0 Å². The van der Waals surface area contributed by atoms with Gasteiger partial charge in [-0.25, -0.2) is 9.97 Å². The molecule has 2 aromatic carbocycles. The first-order valence-electron chi connectivity index (χ1n) is 7.33. The molecule has 5 heteroatoms. The van der Waals surface area contributed by atoms with E-state index in [2.05, 4.69) is 15.3 Å². The van der Waals surface area contributed by atoms with Crippen LogP contribution in [0.25, 0.3) is 10.9 Å². The lowest BCUT2D eigenvalue weighted by Crippen LogP contribution is -2.21. The van der Waals surface area contributed by atoms with Crippen LogP contribution in [0, 0.1) is 13.8 Å². The highest BCUT2D eigenvalue weighted by atomic mass is 16.5. The predicted molar refractivity (Wildman–Crippen MR) is 89.6 cm³/mol. The monoisotopic (exact) mass is 307 g/mol. The zero-order chi connectivity index (χ0) is 16.2. The number of para-hydroxylation sites is 1. The summed E-state index contributed by atoms with van der Waals surface area (Å²) >= 11 is 0. The van der Waals surface area contributed by atoms with E-state index in [4.69, 9.17) is 4.74 Å². The summed E-state index contributed by atoms with van der Waals surface area (Å²) in [6.45, 7) is 3.83. The van der Waals surface area contributed by atoms with Gasteiger partial charge in [0, 0.05) is 5.69 Å². The smallest absolute Gasteiger partial charge is 0.262 e. The van der Waals surface area contributed by atoms with Crippen molar-refractivity contribution < 1.29 is 9.53 Å². The maximum atomic E-state index is 12.1. The Hall–Kier alpha value is -2.95. The maximum absolute atomic E-state index is 12.1. The number of amides is 1. The summed E-state index contributed by atoms with van der Waals surface area (Å²) in [7, 11) is 0. The molecular formula is C18H17N3O2. The number of fused-ring (bicyclic) bond motifs is 1. The summed E-state index contributed by atoms with van der Waals surface area (Å²) in [5, 5.41) is 3.65. The number of carbonyl (C=O) groups excluding carboxylic acids is 1. The predicted octanol–water partition coefficient (Wildman–Crippen LogP) is 3.26. The molecule has 0 bridgehead atoms. The number of nitrogens with one attached hydrogen (secondary N) is 1. The zero-order valence-electron chi connectivity index (χ0n) is 13.0. The summed E-state index contributed by atoms with van der Waals surface area (Å²) in [5.74, 6) is 0.188. The second-order valence-corrected chi connectivity index (χ2v) is 5.35. The Morgan fingerprint density at radius 3 is 2.83 bits per heavy atom. The zero-order valence-corrected chi connectivity index (χ0v) is 13.0. The number of carbonyl (C=O) groups is 1. The highest BCUT2D eigenvalue weighted by Gasteiger charge is 2.09. The van der Waals surface area contributed by atoms with E-state index in [0.717, 1.165) is 27.7 Å².